The summed E-state index contributed by atoms with van der Waals surface area (Å²) < 4.78 is 25.5. The van der Waals surface area contributed by atoms with E-state index in [1.807, 2.05) is 30.3 Å². The first-order valence-electron chi connectivity index (χ1n) is 5.17. The Morgan fingerprint density at radius 3 is 2.12 bits per heavy atom. The van der Waals surface area contributed by atoms with Crippen molar-refractivity contribution >= 4 is 0 Å². The summed E-state index contributed by atoms with van der Waals surface area (Å²) in [5, 5.41) is 0. The predicted octanol–water partition coefficient (Wildman–Crippen LogP) is 4.22. The van der Waals surface area contributed by atoms with Crippen LogP contribution in [0.3, 0.4) is 0 Å². The molecule has 16 heavy (non-hydrogen) atoms. The molecule has 0 radical (unpaired) electrons. The van der Waals surface area contributed by atoms with E-state index in [-0.39, 0.29) is 5.56 Å². The molecule has 0 atom stereocenters. The van der Waals surface area contributed by atoms with Crippen LogP contribution in [-0.2, 0) is 6.42 Å². The molecule has 0 aliphatic carbocycles. The fourth-order valence-corrected chi connectivity index (χ4v) is 1.72. The van der Waals surface area contributed by atoms with Gasteiger partial charge in [0.2, 0.25) is 0 Å². The van der Waals surface area contributed by atoms with E-state index in [1.54, 1.807) is 18.2 Å². The summed E-state index contributed by atoms with van der Waals surface area (Å²) in [4.78, 5) is 0. The first-order valence-corrected chi connectivity index (χ1v) is 5.17. The number of hydrogen-bond donors (Lipinski definition) is 0. The van der Waals surface area contributed by atoms with Crippen molar-refractivity contribution in [3.05, 3.63) is 71.3 Å². The summed E-state index contributed by atoms with van der Waals surface area (Å²) >= 11 is 0. The second-order valence-electron chi connectivity index (χ2n) is 3.66. The van der Waals surface area contributed by atoms with Crippen LogP contribution in [0.2, 0.25) is 0 Å². The van der Waals surface area contributed by atoms with E-state index in [0.717, 1.165) is 5.56 Å². The lowest BCUT2D eigenvalue weighted by Crippen LogP contribution is -1.95. The van der Waals surface area contributed by atoms with E-state index < -0.39 is 6.43 Å². The average Bonchev–Trinajstić information content (AvgIpc) is 2.31. The molecule has 0 aliphatic rings. The van der Waals surface area contributed by atoms with E-state index in [0.29, 0.717) is 12.0 Å². The Kier molecular flexibility index (Phi) is 3.30. The highest BCUT2D eigenvalue weighted by atomic mass is 19.3. The van der Waals surface area contributed by atoms with Crippen LogP contribution in [0.4, 0.5) is 8.78 Å². The molecule has 82 valence electrons. The van der Waals surface area contributed by atoms with Gasteiger partial charge < -0.3 is 0 Å². The Hall–Kier alpha value is -1.70. The molecule has 2 aromatic carbocycles. The molecule has 0 unspecified atom stereocenters. The molecular weight excluding hydrogens is 206 g/mol. The van der Waals surface area contributed by atoms with Crippen LogP contribution in [0, 0.1) is 0 Å². The highest BCUT2D eigenvalue weighted by Gasteiger charge is 2.11. The van der Waals surface area contributed by atoms with Gasteiger partial charge in [0.1, 0.15) is 0 Å². The summed E-state index contributed by atoms with van der Waals surface area (Å²) in [7, 11) is 0. The van der Waals surface area contributed by atoms with Crippen molar-refractivity contribution in [3.63, 3.8) is 0 Å². The van der Waals surface area contributed by atoms with Crippen LogP contribution in [0.1, 0.15) is 23.1 Å². The van der Waals surface area contributed by atoms with Crippen molar-refractivity contribution < 1.29 is 8.78 Å². The van der Waals surface area contributed by atoms with Gasteiger partial charge in [-0.15, -0.1) is 0 Å². The van der Waals surface area contributed by atoms with E-state index in [2.05, 4.69) is 0 Å². The van der Waals surface area contributed by atoms with Gasteiger partial charge in [0, 0.05) is 5.56 Å². The van der Waals surface area contributed by atoms with Gasteiger partial charge in [-0.3, -0.25) is 0 Å². The first kappa shape index (κ1) is 10.8. The molecule has 2 aromatic rings. The Morgan fingerprint density at radius 2 is 1.44 bits per heavy atom. The predicted molar refractivity (Wildman–Crippen MR) is 60.6 cm³/mol. The Bertz CT molecular complexity index is 449. The summed E-state index contributed by atoms with van der Waals surface area (Å²) in [6.07, 6.45) is -1.85. The molecule has 0 heterocycles. The second kappa shape index (κ2) is 4.88. The van der Waals surface area contributed by atoms with Crippen molar-refractivity contribution in [1.29, 1.82) is 0 Å². The SMILES string of the molecule is FC(F)c1ccccc1Cc1ccccc1. The molecule has 0 saturated carbocycles. The van der Waals surface area contributed by atoms with Crippen molar-refractivity contribution in [1.82, 2.24) is 0 Å². The molecule has 0 saturated heterocycles. The molecule has 0 aromatic heterocycles. The van der Waals surface area contributed by atoms with E-state index in [4.69, 9.17) is 0 Å². The molecule has 0 amide bonds. The molecule has 0 nitrogen and oxygen atoms in total. The van der Waals surface area contributed by atoms with Gasteiger partial charge in [-0.05, 0) is 17.5 Å². The normalized spacial score (nSPS) is 10.7. The zero-order valence-electron chi connectivity index (χ0n) is 8.74. The van der Waals surface area contributed by atoms with Crippen molar-refractivity contribution in [2.24, 2.45) is 0 Å². The quantitative estimate of drug-likeness (QED) is 0.723. The Labute approximate surface area is 93.5 Å². The molecule has 0 bridgehead atoms. The maximum Gasteiger partial charge on any atom is 0.264 e. The first-order chi connectivity index (χ1) is 7.77. The second-order valence-corrected chi connectivity index (χ2v) is 3.66. The number of alkyl halides is 2. The third-order valence-corrected chi connectivity index (χ3v) is 2.53. The van der Waals surface area contributed by atoms with Gasteiger partial charge in [-0.1, -0.05) is 54.6 Å². The van der Waals surface area contributed by atoms with Crippen LogP contribution >= 0.6 is 0 Å². The largest absolute Gasteiger partial charge is 0.264 e. The number of hydrogen-bond acceptors (Lipinski definition) is 0. The molecule has 0 aliphatic heterocycles. The minimum atomic E-state index is -2.40. The highest BCUT2D eigenvalue weighted by molar-refractivity contribution is 5.33. The third kappa shape index (κ3) is 2.45. The molecular formula is C14H12F2. The lowest BCUT2D eigenvalue weighted by atomic mass is 10.0. The lowest BCUT2D eigenvalue weighted by molar-refractivity contribution is 0.150. The van der Waals surface area contributed by atoms with Gasteiger partial charge >= 0.3 is 0 Å². The van der Waals surface area contributed by atoms with Crippen LogP contribution in [0.15, 0.2) is 54.6 Å². The van der Waals surface area contributed by atoms with Gasteiger partial charge in [-0.25, -0.2) is 8.78 Å². The molecule has 0 N–H and O–H groups in total. The van der Waals surface area contributed by atoms with Gasteiger partial charge in [0.25, 0.3) is 6.43 Å². The molecule has 2 rings (SSSR count). The molecule has 2 heteroatoms. The zero-order valence-corrected chi connectivity index (χ0v) is 8.74. The summed E-state index contributed by atoms with van der Waals surface area (Å²) in [6, 6.07) is 16.3. The average molecular weight is 218 g/mol. The fraction of sp³-hybridized carbons (Fsp3) is 0.143. The maximum atomic E-state index is 12.7. The topological polar surface area (TPSA) is 0 Å². The summed E-state index contributed by atoms with van der Waals surface area (Å²) in [6.45, 7) is 0. The Morgan fingerprint density at radius 1 is 0.812 bits per heavy atom. The number of benzene rings is 2. The van der Waals surface area contributed by atoms with Crippen LogP contribution in [0.25, 0.3) is 0 Å². The van der Waals surface area contributed by atoms with Crippen molar-refractivity contribution in [3.8, 4) is 0 Å². The summed E-state index contributed by atoms with van der Waals surface area (Å²) in [5.41, 5.74) is 1.88. The lowest BCUT2D eigenvalue weighted by Gasteiger charge is -2.08. The highest BCUT2D eigenvalue weighted by Crippen LogP contribution is 2.24. The fourth-order valence-electron chi connectivity index (χ4n) is 1.72. The summed E-state index contributed by atoms with van der Waals surface area (Å²) in [5.74, 6) is 0. The minimum Gasteiger partial charge on any atom is -0.205 e. The maximum absolute atomic E-state index is 12.7. The monoisotopic (exact) mass is 218 g/mol. The zero-order chi connectivity index (χ0) is 11.4. The van der Waals surface area contributed by atoms with Crippen LogP contribution < -0.4 is 0 Å². The Balaban J connectivity index is 2.28. The number of halogens is 2. The van der Waals surface area contributed by atoms with E-state index in [9.17, 15) is 8.78 Å². The number of rotatable bonds is 3. The van der Waals surface area contributed by atoms with Gasteiger partial charge in [0.05, 0.1) is 0 Å². The van der Waals surface area contributed by atoms with Gasteiger partial charge in [0.15, 0.2) is 0 Å². The van der Waals surface area contributed by atoms with Crippen LogP contribution in [-0.4, -0.2) is 0 Å². The molecule has 0 fully saturated rings. The molecule has 0 spiro atoms. The van der Waals surface area contributed by atoms with Crippen molar-refractivity contribution in [2.45, 2.75) is 12.8 Å². The minimum absolute atomic E-state index is 0.131. The van der Waals surface area contributed by atoms with Crippen molar-refractivity contribution in [2.75, 3.05) is 0 Å². The van der Waals surface area contributed by atoms with Gasteiger partial charge in [-0.2, -0.15) is 0 Å². The van der Waals surface area contributed by atoms with Crippen LogP contribution in [0.5, 0.6) is 0 Å². The smallest absolute Gasteiger partial charge is 0.205 e. The third-order valence-electron chi connectivity index (χ3n) is 2.53. The van der Waals surface area contributed by atoms with E-state index in [1.165, 1.54) is 6.07 Å². The van der Waals surface area contributed by atoms with E-state index >= 15 is 0 Å². The standard InChI is InChI=1S/C14H12F2/c15-14(16)13-9-5-4-8-12(13)10-11-6-2-1-3-7-11/h1-9,14H,10H2.